The second kappa shape index (κ2) is 9.87. The minimum Gasteiger partial charge on any atom is -0.341 e. The van der Waals surface area contributed by atoms with Crippen LogP contribution in [0.15, 0.2) is 24.3 Å². The van der Waals surface area contributed by atoms with Gasteiger partial charge in [-0.1, -0.05) is 11.6 Å². The number of nitrogens with two attached hydrogens (primary N) is 1. The molecule has 1 aliphatic rings. The molecule has 2 N–H and O–H groups in total. The molecule has 1 fully saturated rings. The number of nitrogens with zero attached hydrogens (tertiary/aromatic N) is 2. The van der Waals surface area contributed by atoms with Gasteiger partial charge in [0.1, 0.15) is 0 Å². The predicted molar refractivity (Wildman–Crippen MR) is 98.7 cm³/mol. The first-order valence-electron chi connectivity index (χ1n) is 8.05. The van der Waals surface area contributed by atoms with Crippen molar-refractivity contribution >= 4 is 35.8 Å². The quantitative estimate of drug-likeness (QED) is 0.881. The highest BCUT2D eigenvalue weighted by Crippen LogP contribution is 2.14. The van der Waals surface area contributed by atoms with E-state index >= 15 is 0 Å². The van der Waals surface area contributed by atoms with E-state index in [2.05, 4.69) is 0 Å². The van der Waals surface area contributed by atoms with Gasteiger partial charge >= 0.3 is 0 Å². The number of carbonyl (C=O) groups is 2. The molecule has 0 aromatic heterocycles. The van der Waals surface area contributed by atoms with Crippen molar-refractivity contribution < 1.29 is 9.59 Å². The van der Waals surface area contributed by atoms with Gasteiger partial charge in [0.15, 0.2) is 0 Å². The zero-order chi connectivity index (χ0) is 16.8. The molecule has 1 aliphatic heterocycles. The summed E-state index contributed by atoms with van der Waals surface area (Å²) in [5, 5.41) is 0.614. The Morgan fingerprint density at radius 2 is 1.71 bits per heavy atom. The molecule has 1 aromatic rings. The summed E-state index contributed by atoms with van der Waals surface area (Å²) in [5.41, 5.74) is 6.34. The Hall–Kier alpha value is -1.30. The van der Waals surface area contributed by atoms with Gasteiger partial charge in [-0.25, -0.2) is 0 Å². The average Bonchev–Trinajstić information content (AvgIpc) is 2.78. The Bertz CT molecular complexity index is 549. The number of benzene rings is 1. The van der Waals surface area contributed by atoms with E-state index in [4.69, 9.17) is 17.3 Å². The predicted octanol–water partition coefficient (Wildman–Crippen LogP) is 2.56. The van der Waals surface area contributed by atoms with Crippen molar-refractivity contribution in [3.8, 4) is 0 Å². The lowest BCUT2D eigenvalue weighted by molar-refractivity contribution is -0.131. The largest absolute Gasteiger partial charge is 0.341 e. The summed E-state index contributed by atoms with van der Waals surface area (Å²) < 4.78 is 0. The zero-order valence-corrected chi connectivity index (χ0v) is 15.5. The van der Waals surface area contributed by atoms with E-state index in [0.29, 0.717) is 49.6 Å². The van der Waals surface area contributed by atoms with Crippen LogP contribution in [0.3, 0.4) is 0 Å². The third-order valence-electron chi connectivity index (χ3n) is 4.04. The van der Waals surface area contributed by atoms with Gasteiger partial charge in [0, 0.05) is 49.2 Å². The van der Waals surface area contributed by atoms with E-state index in [9.17, 15) is 9.59 Å². The van der Waals surface area contributed by atoms with Gasteiger partial charge in [-0.05, 0) is 44.0 Å². The van der Waals surface area contributed by atoms with Crippen LogP contribution in [0.2, 0.25) is 5.02 Å². The Kier molecular flexibility index (Phi) is 8.53. The fraction of sp³-hybridized carbons (Fsp3) is 0.529. The van der Waals surface area contributed by atoms with Crippen LogP contribution >= 0.6 is 24.0 Å². The summed E-state index contributed by atoms with van der Waals surface area (Å²) in [5.74, 6) is 0.120. The molecular weight excluding hydrogens is 349 g/mol. The first kappa shape index (κ1) is 20.7. The first-order valence-corrected chi connectivity index (χ1v) is 8.43. The van der Waals surface area contributed by atoms with Crippen molar-refractivity contribution in [2.24, 2.45) is 5.73 Å². The number of hydrogen-bond acceptors (Lipinski definition) is 3. The fourth-order valence-electron chi connectivity index (χ4n) is 2.65. The lowest BCUT2D eigenvalue weighted by Gasteiger charge is -2.22. The molecular formula is C17H25Cl2N3O2. The smallest absolute Gasteiger partial charge is 0.253 e. The second-order valence-electron chi connectivity index (χ2n) is 6.05. The maximum Gasteiger partial charge on any atom is 0.253 e. The fourth-order valence-corrected chi connectivity index (χ4v) is 2.78. The lowest BCUT2D eigenvalue weighted by atomic mass is 10.2. The topological polar surface area (TPSA) is 66.6 Å². The molecule has 5 nitrogen and oxygen atoms in total. The van der Waals surface area contributed by atoms with Crippen LogP contribution in [-0.4, -0.2) is 53.8 Å². The molecule has 1 unspecified atom stereocenters. The molecule has 0 aliphatic carbocycles. The molecule has 7 heteroatoms. The summed E-state index contributed by atoms with van der Waals surface area (Å²) >= 11 is 5.86. The Morgan fingerprint density at radius 1 is 1.12 bits per heavy atom. The molecule has 1 saturated heterocycles. The van der Waals surface area contributed by atoms with E-state index in [1.165, 1.54) is 0 Å². The number of carbonyl (C=O) groups excluding carboxylic acids is 2. The van der Waals surface area contributed by atoms with E-state index in [0.717, 1.165) is 6.42 Å². The molecule has 1 atom stereocenters. The van der Waals surface area contributed by atoms with Crippen LogP contribution in [-0.2, 0) is 4.79 Å². The summed E-state index contributed by atoms with van der Waals surface area (Å²) in [6.45, 7) is 4.41. The second-order valence-corrected chi connectivity index (χ2v) is 6.49. The van der Waals surface area contributed by atoms with Crippen molar-refractivity contribution in [1.29, 1.82) is 0 Å². The van der Waals surface area contributed by atoms with E-state index in [1.807, 2.05) is 16.7 Å². The van der Waals surface area contributed by atoms with E-state index in [-0.39, 0.29) is 30.3 Å². The zero-order valence-electron chi connectivity index (χ0n) is 13.9. The van der Waals surface area contributed by atoms with E-state index in [1.54, 1.807) is 24.3 Å². The monoisotopic (exact) mass is 373 g/mol. The van der Waals surface area contributed by atoms with Gasteiger partial charge in [-0.2, -0.15) is 0 Å². The van der Waals surface area contributed by atoms with Crippen LogP contribution in [0.25, 0.3) is 0 Å². The highest BCUT2D eigenvalue weighted by Gasteiger charge is 2.22. The summed E-state index contributed by atoms with van der Waals surface area (Å²) in [6, 6.07) is 6.95. The highest BCUT2D eigenvalue weighted by molar-refractivity contribution is 6.30. The third-order valence-corrected chi connectivity index (χ3v) is 4.29. The Balaban J connectivity index is 0.00000288. The molecule has 0 radical (unpaired) electrons. The van der Waals surface area contributed by atoms with Gasteiger partial charge in [0.25, 0.3) is 5.91 Å². The van der Waals surface area contributed by atoms with Crippen LogP contribution in [0.4, 0.5) is 0 Å². The van der Waals surface area contributed by atoms with Crippen molar-refractivity contribution in [1.82, 2.24) is 9.80 Å². The SMILES string of the molecule is CC(N)CCC(=O)N1CCCN(C(=O)c2ccc(Cl)cc2)CC1.Cl. The van der Waals surface area contributed by atoms with Crippen LogP contribution in [0.5, 0.6) is 0 Å². The van der Waals surface area contributed by atoms with Gasteiger partial charge in [0.05, 0.1) is 0 Å². The maximum absolute atomic E-state index is 12.5. The number of rotatable bonds is 4. The molecule has 0 spiro atoms. The van der Waals surface area contributed by atoms with Crippen molar-refractivity contribution in [3.05, 3.63) is 34.9 Å². The summed E-state index contributed by atoms with van der Waals surface area (Å²) in [6.07, 6.45) is 1.97. The van der Waals surface area contributed by atoms with Crippen LogP contribution in [0.1, 0.15) is 36.5 Å². The highest BCUT2D eigenvalue weighted by atomic mass is 35.5. The van der Waals surface area contributed by atoms with Gasteiger partial charge in [-0.3, -0.25) is 9.59 Å². The summed E-state index contributed by atoms with van der Waals surface area (Å²) in [4.78, 5) is 28.4. The first-order chi connectivity index (χ1) is 11.0. The standard InChI is InChI=1S/C17H24ClN3O2.ClH/c1-13(19)3-8-16(22)20-9-2-10-21(12-11-20)17(23)14-4-6-15(18)7-5-14;/h4-7,13H,2-3,8-12,19H2,1H3;1H. The molecule has 134 valence electrons. The number of hydrogen-bond donors (Lipinski definition) is 1. The average molecular weight is 374 g/mol. The minimum absolute atomic E-state index is 0. The summed E-state index contributed by atoms with van der Waals surface area (Å²) in [7, 11) is 0. The Morgan fingerprint density at radius 3 is 2.33 bits per heavy atom. The van der Waals surface area contributed by atoms with Crippen molar-refractivity contribution in [2.75, 3.05) is 26.2 Å². The van der Waals surface area contributed by atoms with Crippen molar-refractivity contribution in [3.63, 3.8) is 0 Å². The van der Waals surface area contributed by atoms with Crippen molar-refractivity contribution in [2.45, 2.75) is 32.2 Å². The molecule has 0 bridgehead atoms. The molecule has 0 saturated carbocycles. The third kappa shape index (κ3) is 5.96. The van der Waals surface area contributed by atoms with E-state index < -0.39 is 0 Å². The van der Waals surface area contributed by atoms with Gasteiger partial charge in [-0.15, -0.1) is 12.4 Å². The van der Waals surface area contributed by atoms with Gasteiger partial charge in [0.2, 0.25) is 5.91 Å². The number of amides is 2. The lowest BCUT2D eigenvalue weighted by Crippen LogP contribution is -2.37. The molecule has 2 amide bonds. The number of halogens is 2. The van der Waals surface area contributed by atoms with Crippen LogP contribution in [0, 0.1) is 0 Å². The molecule has 2 rings (SSSR count). The molecule has 1 heterocycles. The molecule has 1 aromatic carbocycles. The molecule has 24 heavy (non-hydrogen) atoms. The normalized spacial score (nSPS) is 16.1. The Labute approximate surface area is 154 Å². The minimum atomic E-state index is -0.00783. The maximum atomic E-state index is 12.5. The van der Waals surface area contributed by atoms with Crippen LogP contribution < -0.4 is 5.73 Å². The van der Waals surface area contributed by atoms with Gasteiger partial charge < -0.3 is 15.5 Å².